The minimum Gasteiger partial charge on any atom is -0.490 e. The topological polar surface area (TPSA) is 93.0 Å². The molecule has 0 N–H and O–H groups in total. The Morgan fingerprint density at radius 2 is 1.83 bits per heavy atom. The number of carbonyl (C=O) groups is 2. The fraction of sp³-hybridized carbons (Fsp3) is 0.600. The number of hydrogen-bond donors (Lipinski definition) is 0. The number of nitrogens with zero attached hydrogens (tertiary/aromatic N) is 6. The van der Waals surface area contributed by atoms with Crippen LogP contribution in [0.15, 0.2) is 18.2 Å². The van der Waals surface area contributed by atoms with E-state index in [4.69, 9.17) is 21.1 Å². The summed E-state index contributed by atoms with van der Waals surface area (Å²) in [5.74, 6) is 1.87. The van der Waals surface area contributed by atoms with Crippen molar-refractivity contribution in [1.29, 1.82) is 0 Å². The van der Waals surface area contributed by atoms with Crippen LogP contribution in [0, 0.1) is 20.8 Å². The van der Waals surface area contributed by atoms with Crippen LogP contribution in [0.4, 0.5) is 0 Å². The number of piperazine rings is 1. The van der Waals surface area contributed by atoms with Crippen LogP contribution in [-0.2, 0) is 20.9 Å². The summed E-state index contributed by atoms with van der Waals surface area (Å²) in [6, 6.07) is 5.45. The number of aryl methyl sites for hydroxylation is 3. The summed E-state index contributed by atoms with van der Waals surface area (Å²) in [5.41, 5.74) is -0.0635. The minimum atomic E-state index is -0.963. The van der Waals surface area contributed by atoms with Crippen molar-refractivity contribution in [2.75, 3.05) is 59.5 Å². The molecule has 0 bridgehead atoms. The van der Waals surface area contributed by atoms with Gasteiger partial charge in [-0.3, -0.25) is 9.59 Å². The van der Waals surface area contributed by atoms with E-state index >= 15 is 0 Å². The van der Waals surface area contributed by atoms with Crippen molar-refractivity contribution in [3.8, 4) is 5.75 Å². The standard InChI is InChI=1S/C25H35ClN6O4/c1-18-13-21(5-6-22(18)26)35-17-25(14-23(33)30-9-7-29(4)8-10-30)16-31(11-12-36-25)24(34)15-32-20(3)27-19(2)28-32/h5-6,13H,7-12,14-17H2,1-4H3/t25-/m0/s1. The number of amides is 2. The molecule has 2 aromatic rings. The maximum absolute atomic E-state index is 13.3. The highest BCUT2D eigenvalue weighted by Crippen LogP contribution is 2.27. The molecule has 196 valence electrons. The smallest absolute Gasteiger partial charge is 0.244 e. The summed E-state index contributed by atoms with van der Waals surface area (Å²) >= 11 is 6.17. The summed E-state index contributed by atoms with van der Waals surface area (Å²) in [6.07, 6.45) is 0.133. The molecule has 2 aliphatic rings. The molecule has 0 aliphatic carbocycles. The zero-order chi connectivity index (χ0) is 25.9. The molecular formula is C25H35ClN6O4. The van der Waals surface area contributed by atoms with Gasteiger partial charge >= 0.3 is 0 Å². The number of likely N-dealkylation sites (N-methyl/N-ethyl adjacent to an activating group) is 1. The first-order chi connectivity index (χ1) is 17.1. The molecule has 2 amide bonds. The van der Waals surface area contributed by atoms with Gasteiger partial charge in [-0.25, -0.2) is 9.67 Å². The Labute approximate surface area is 217 Å². The number of hydrogen-bond acceptors (Lipinski definition) is 7. The fourth-order valence-electron chi connectivity index (χ4n) is 4.61. The molecule has 11 heteroatoms. The van der Waals surface area contributed by atoms with Crippen molar-refractivity contribution >= 4 is 23.4 Å². The van der Waals surface area contributed by atoms with E-state index in [2.05, 4.69) is 22.0 Å². The molecule has 36 heavy (non-hydrogen) atoms. The number of aromatic nitrogens is 3. The molecule has 0 unspecified atom stereocenters. The van der Waals surface area contributed by atoms with Crippen molar-refractivity contribution in [3.63, 3.8) is 0 Å². The van der Waals surface area contributed by atoms with Gasteiger partial charge in [0.05, 0.1) is 19.6 Å². The van der Waals surface area contributed by atoms with Crippen LogP contribution in [0.5, 0.6) is 5.75 Å². The van der Waals surface area contributed by atoms with Crippen LogP contribution in [-0.4, -0.2) is 106 Å². The second-order valence-electron chi connectivity index (χ2n) is 9.77. The first-order valence-corrected chi connectivity index (χ1v) is 12.7. The van der Waals surface area contributed by atoms with E-state index in [0.29, 0.717) is 48.7 Å². The van der Waals surface area contributed by atoms with E-state index in [1.54, 1.807) is 28.6 Å². The highest BCUT2D eigenvalue weighted by molar-refractivity contribution is 6.31. The third-order valence-corrected chi connectivity index (χ3v) is 7.23. The molecule has 1 aromatic heterocycles. The monoisotopic (exact) mass is 518 g/mol. The number of rotatable bonds is 7. The Bertz CT molecular complexity index is 1100. The van der Waals surface area contributed by atoms with Crippen molar-refractivity contribution in [3.05, 3.63) is 40.4 Å². The number of halogens is 1. The summed E-state index contributed by atoms with van der Waals surface area (Å²) in [6.45, 7) is 9.80. The Morgan fingerprint density at radius 1 is 1.08 bits per heavy atom. The molecule has 0 radical (unpaired) electrons. The van der Waals surface area contributed by atoms with E-state index in [-0.39, 0.29) is 37.9 Å². The Morgan fingerprint density at radius 3 is 2.50 bits per heavy atom. The number of benzene rings is 1. The molecule has 1 atom stereocenters. The summed E-state index contributed by atoms with van der Waals surface area (Å²) in [7, 11) is 2.05. The molecule has 0 saturated carbocycles. The second kappa shape index (κ2) is 11.1. The molecule has 10 nitrogen and oxygen atoms in total. The minimum absolute atomic E-state index is 0.0102. The highest BCUT2D eigenvalue weighted by Gasteiger charge is 2.42. The average Bonchev–Trinajstić information content (AvgIpc) is 3.16. The normalized spacial score (nSPS) is 21.0. The lowest BCUT2D eigenvalue weighted by Crippen LogP contribution is -2.59. The van der Waals surface area contributed by atoms with Gasteiger partial charge in [-0.2, -0.15) is 5.10 Å². The van der Waals surface area contributed by atoms with E-state index < -0.39 is 5.60 Å². The summed E-state index contributed by atoms with van der Waals surface area (Å²) in [5, 5.41) is 4.97. The Kier molecular flexibility index (Phi) is 8.17. The SMILES string of the molecule is Cc1nc(C)n(CC(=O)N2CCO[C@@](COc3ccc(Cl)c(C)c3)(CC(=O)N3CCN(C)CC3)C2)n1. The molecule has 2 aliphatic heterocycles. The lowest BCUT2D eigenvalue weighted by atomic mass is 9.96. The van der Waals surface area contributed by atoms with E-state index in [9.17, 15) is 9.59 Å². The summed E-state index contributed by atoms with van der Waals surface area (Å²) < 4.78 is 14.0. The van der Waals surface area contributed by atoms with Gasteiger partial charge in [-0.1, -0.05) is 11.6 Å². The maximum atomic E-state index is 13.3. The summed E-state index contributed by atoms with van der Waals surface area (Å²) in [4.78, 5) is 36.7. The Balaban J connectivity index is 1.50. The lowest BCUT2D eigenvalue weighted by molar-refractivity contribution is -0.166. The van der Waals surface area contributed by atoms with Crippen molar-refractivity contribution in [2.24, 2.45) is 0 Å². The maximum Gasteiger partial charge on any atom is 0.244 e. The zero-order valence-electron chi connectivity index (χ0n) is 21.5. The van der Waals surface area contributed by atoms with Crippen LogP contribution in [0.1, 0.15) is 23.6 Å². The third kappa shape index (κ3) is 6.35. The van der Waals surface area contributed by atoms with Crippen LogP contribution in [0.2, 0.25) is 5.02 Å². The van der Waals surface area contributed by atoms with E-state index in [1.807, 2.05) is 24.8 Å². The number of carbonyl (C=O) groups excluding carboxylic acids is 2. The van der Waals surface area contributed by atoms with Crippen LogP contribution in [0.3, 0.4) is 0 Å². The molecule has 3 heterocycles. The van der Waals surface area contributed by atoms with Gasteiger partial charge in [0.25, 0.3) is 0 Å². The van der Waals surface area contributed by atoms with Crippen molar-refractivity contribution in [1.82, 2.24) is 29.5 Å². The van der Waals surface area contributed by atoms with E-state index in [0.717, 1.165) is 18.7 Å². The van der Waals surface area contributed by atoms with Gasteiger partial charge < -0.3 is 24.2 Å². The third-order valence-electron chi connectivity index (χ3n) is 6.81. The van der Waals surface area contributed by atoms with Gasteiger partial charge in [0.1, 0.15) is 36.2 Å². The molecular weight excluding hydrogens is 484 g/mol. The molecule has 1 aromatic carbocycles. The number of ether oxygens (including phenoxy) is 2. The lowest BCUT2D eigenvalue weighted by Gasteiger charge is -2.43. The van der Waals surface area contributed by atoms with Gasteiger partial charge in [0, 0.05) is 37.7 Å². The van der Waals surface area contributed by atoms with Crippen LogP contribution >= 0.6 is 11.6 Å². The average molecular weight is 519 g/mol. The molecule has 2 saturated heterocycles. The highest BCUT2D eigenvalue weighted by atomic mass is 35.5. The molecule has 4 rings (SSSR count). The Hall–Kier alpha value is -2.69. The van der Waals surface area contributed by atoms with Gasteiger partial charge in [-0.15, -0.1) is 0 Å². The predicted molar refractivity (Wildman–Crippen MR) is 135 cm³/mol. The zero-order valence-corrected chi connectivity index (χ0v) is 22.3. The first kappa shape index (κ1) is 26.4. The quantitative estimate of drug-likeness (QED) is 0.550. The van der Waals surface area contributed by atoms with Crippen molar-refractivity contribution in [2.45, 2.75) is 39.3 Å². The largest absolute Gasteiger partial charge is 0.490 e. The van der Waals surface area contributed by atoms with Crippen LogP contribution < -0.4 is 4.74 Å². The van der Waals surface area contributed by atoms with Gasteiger partial charge in [0.2, 0.25) is 11.8 Å². The fourth-order valence-corrected chi connectivity index (χ4v) is 4.72. The van der Waals surface area contributed by atoms with Crippen molar-refractivity contribution < 1.29 is 19.1 Å². The second-order valence-corrected chi connectivity index (χ2v) is 10.2. The number of morpholine rings is 1. The molecule has 0 spiro atoms. The van der Waals surface area contributed by atoms with Gasteiger partial charge in [-0.05, 0) is 51.6 Å². The van der Waals surface area contributed by atoms with Gasteiger partial charge in [0.15, 0.2) is 0 Å². The molecule has 2 fully saturated rings. The first-order valence-electron chi connectivity index (χ1n) is 12.3. The van der Waals surface area contributed by atoms with E-state index in [1.165, 1.54) is 0 Å². The van der Waals surface area contributed by atoms with Crippen LogP contribution in [0.25, 0.3) is 0 Å². The predicted octanol–water partition coefficient (Wildman–Crippen LogP) is 1.70.